The molecule has 17 heavy (non-hydrogen) atoms. The lowest BCUT2D eigenvalue weighted by molar-refractivity contribution is 0.397. The first kappa shape index (κ1) is 14.2. The molecule has 0 saturated carbocycles. The van der Waals surface area contributed by atoms with E-state index in [1.807, 2.05) is 0 Å². The van der Waals surface area contributed by atoms with E-state index in [2.05, 4.69) is 63.3 Å². The second-order valence-electron chi connectivity index (χ2n) is 5.12. The summed E-state index contributed by atoms with van der Waals surface area (Å²) < 4.78 is 0. The fraction of sp³-hybridized carbons (Fsp3) is 0.625. The monoisotopic (exact) mass is 233 g/mol. The maximum Gasteiger partial charge on any atom is 0.00363 e. The number of benzene rings is 1. The van der Waals surface area contributed by atoms with Crippen molar-refractivity contribution in [2.24, 2.45) is 5.92 Å². The Hall–Kier alpha value is -0.820. The van der Waals surface area contributed by atoms with Gasteiger partial charge < -0.3 is 5.32 Å². The van der Waals surface area contributed by atoms with E-state index in [-0.39, 0.29) is 0 Å². The van der Waals surface area contributed by atoms with Gasteiger partial charge in [-0.2, -0.15) is 0 Å². The van der Waals surface area contributed by atoms with E-state index in [0.717, 1.165) is 12.5 Å². The van der Waals surface area contributed by atoms with E-state index in [1.54, 1.807) is 0 Å². The van der Waals surface area contributed by atoms with Crippen LogP contribution >= 0.6 is 0 Å². The van der Waals surface area contributed by atoms with Gasteiger partial charge in [0.2, 0.25) is 0 Å². The van der Waals surface area contributed by atoms with Gasteiger partial charge in [-0.25, -0.2) is 0 Å². The molecule has 3 unspecified atom stereocenters. The normalized spacial score (nSPS) is 16.5. The van der Waals surface area contributed by atoms with Gasteiger partial charge in [0.1, 0.15) is 0 Å². The van der Waals surface area contributed by atoms with Crippen LogP contribution in [-0.2, 0) is 0 Å². The maximum atomic E-state index is 3.65. The highest BCUT2D eigenvalue weighted by Gasteiger charge is 2.17. The van der Waals surface area contributed by atoms with Crippen molar-refractivity contribution in [1.82, 2.24) is 5.32 Å². The summed E-state index contributed by atoms with van der Waals surface area (Å²) in [6.45, 7) is 10.2. The van der Waals surface area contributed by atoms with E-state index in [1.165, 1.54) is 18.4 Å². The molecular formula is C16H27N. The zero-order valence-corrected chi connectivity index (χ0v) is 11.7. The molecule has 1 aromatic carbocycles. The van der Waals surface area contributed by atoms with Crippen molar-refractivity contribution in [1.29, 1.82) is 0 Å². The highest BCUT2D eigenvalue weighted by Crippen LogP contribution is 2.26. The third-order valence-corrected chi connectivity index (χ3v) is 3.86. The van der Waals surface area contributed by atoms with Gasteiger partial charge in [0, 0.05) is 12.6 Å². The highest BCUT2D eigenvalue weighted by molar-refractivity contribution is 5.20. The van der Waals surface area contributed by atoms with Crippen LogP contribution < -0.4 is 5.32 Å². The number of nitrogens with one attached hydrogen (secondary N) is 1. The smallest absolute Gasteiger partial charge is 0.00363 e. The molecule has 1 heteroatoms. The molecule has 0 spiro atoms. The minimum Gasteiger partial charge on any atom is -0.314 e. The van der Waals surface area contributed by atoms with Gasteiger partial charge in [0.15, 0.2) is 0 Å². The zero-order valence-electron chi connectivity index (χ0n) is 11.7. The molecule has 0 aliphatic carbocycles. The topological polar surface area (TPSA) is 12.0 Å². The van der Waals surface area contributed by atoms with Gasteiger partial charge in [-0.1, -0.05) is 57.5 Å². The van der Waals surface area contributed by atoms with E-state index in [0.29, 0.717) is 12.0 Å². The van der Waals surface area contributed by atoms with E-state index in [4.69, 9.17) is 0 Å². The number of hydrogen-bond donors (Lipinski definition) is 1. The van der Waals surface area contributed by atoms with Crippen molar-refractivity contribution < 1.29 is 0 Å². The van der Waals surface area contributed by atoms with Gasteiger partial charge in [0.25, 0.3) is 0 Å². The molecule has 0 saturated heterocycles. The first-order valence-corrected chi connectivity index (χ1v) is 6.97. The standard InChI is InChI=1S/C16H27N/c1-5-13(3)16(12-17-14(4)6-2)15-10-8-7-9-11-15/h7-11,13-14,16-17H,5-6,12H2,1-4H3. The SMILES string of the molecule is CCC(C)NCC(c1ccccc1)C(C)CC. The summed E-state index contributed by atoms with van der Waals surface area (Å²) in [7, 11) is 0. The summed E-state index contributed by atoms with van der Waals surface area (Å²) in [6.07, 6.45) is 2.43. The van der Waals surface area contributed by atoms with Crippen LogP contribution in [0.15, 0.2) is 30.3 Å². The van der Waals surface area contributed by atoms with E-state index >= 15 is 0 Å². The minimum atomic E-state index is 0.616. The van der Waals surface area contributed by atoms with E-state index < -0.39 is 0 Å². The Kier molecular flexibility index (Phi) is 6.28. The minimum absolute atomic E-state index is 0.616. The molecule has 0 aromatic heterocycles. The molecule has 1 N–H and O–H groups in total. The largest absolute Gasteiger partial charge is 0.314 e. The third-order valence-electron chi connectivity index (χ3n) is 3.86. The Morgan fingerprint density at radius 3 is 2.18 bits per heavy atom. The van der Waals surface area contributed by atoms with Crippen LogP contribution in [0.1, 0.15) is 52.0 Å². The van der Waals surface area contributed by atoms with Crippen LogP contribution in [0.3, 0.4) is 0 Å². The average molecular weight is 233 g/mol. The highest BCUT2D eigenvalue weighted by atomic mass is 14.9. The summed E-state index contributed by atoms with van der Waals surface area (Å²) in [5, 5.41) is 3.65. The molecule has 0 heterocycles. The predicted octanol–water partition coefficient (Wildman–Crippen LogP) is 4.20. The van der Waals surface area contributed by atoms with Gasteiger partial charge in [-0.15, -0.1) is 0 Å². The lowest BCUT2D eigenvalue weighted by Crippen LogP contribution is -2.32. The van der Waals surface area contributed by atoms with Crippen molar-refractivity contribution in [3.8, 4) is 0 Å². The summed E-state index contributed by atoms with van der Waals surface area (Å²) in [4.78, 5) is 0. The van der Waals surface area contributed by atoms with Crippen LogP contribution in [0.5, 0.6) is 0 Å². The predicted molar refractivity (Wildman–Crippen MR) is 76.4 cm³/mol. The average Bonchev–Trinajstić information content (AvgIpc) is 2.39. The van der Waals surface area contributed by atoms with Crippen molar-refractivity contribution in [2.75, 3.05) is 6.54 Å². The first-order chi connectivity index (χ1) is 8.19. The van der Waals surface area contributed by atoms with Crippen LogP contribution in [0.4, 0.5) is 0 Å². The summed E-state index contributed by atoms with van der Waals surface area (Å²) in [5.74, 6) is 1.36. The maximum absolute atomic E-state index is 3.65. The lowest BCUT2D eigenvalue weighted by atomic mass is 9.85. The third kappa shape index (κ3) is 4.51. The molecule has 0 radical (unpaired) electrons. The Morgan fingerprint density at radius 1 is 1.00 bits per heavy atom. The van der Waals surface area contributed by atoms with Crippen molar-refractivity contribution in [3.63, 3.8) is 0 Å². The van der Waals surface area contributed by atoms with Crippen molar-refractivity contribution in [3.05, 3.63) is 35.9 Å². The fourth-order valence-corrected chi connectivity index (χ4v) is 2.10. The van der Waals surface area contributed by atoms with Gasteiger partial charge in [-0.3, -0.25) is 0 Å². The van der Waals surface area contributed by atoms with Crippen molar-refractivity contribution in [2.45, 2.75) is 52.5 Å². The molecule has 0 aliphatic rings. The Balaban J connectivity index is 2.68. The zero-order chi connectivity index (χ0) is 12.7. The van der Waals surface area contributed by atoms with E-state index in [9.17, 15) is 0 Å². The Bertz CT molecular complexity index is 294. The molecule has 1 rings (SSSR count). The first-order valence-electron chi connectivity index (χ1n) is 6.97. The molecule has 1 nitrogen and oxygen atoms in total. The van der Waals surface area contributed by atoms with Crippen molar-refractivity contribution >= 4 is 0 Å². The molecule has 0 amide bonds. The van der Waals surface area contributed by atoms with Crippen LogP contribution in [0, 0.1) is 5.92 Å². The summed E-state index contributed by atoms with van der Waals surface area (Å²) in [6, 6.07) is 11.5. The van der Waals surface area contributed by atoms with Gasteiger partial charge in [-0.05, 0) is 30.7 Å². The Labute approximate surface area is 107 Å². The van der Waals surface area contributed by atoms with Crippen LogP contribution in [0.25, 0.3) is 0 Å². The number of rotatable bonds is 7. The van der Waals surface area contributed by atoms with Gasteiger partial charge in [0.05, 0.1) is 0 Å². The second-order valence-corrected chi connectivity index (χ2v) is 5.12. The summed E-state index contributed by atoms with van der Waals surface area (Å²) >= 11 is 0. The molecule has 96 valence electrons. The molecule has 0 aliphatic heterocycles. The Morgan fingerprint density at radius 2 is 1.65 bits per heavy atom. The molecule has 0 fully saturated rings. The fourth-order valence-electron chi connectivity index (χ4n) is 2.10. The molecule has 1 aromatic rings. The molecule has 0 bridgehead atoms. The van der Waals surface area contributed by atoms with Crippen LogP contribution in [0.2, 0.25) is 0 Å². The number of hydrogen-bond acceptors (Lipinski definition) is 1. The summed E-state index contributed by atoms with van der Waals surface area (Å²) in [5.41, 5.74) is 1.47. The van der Waals surface area contributed by atoms with Gasteiger partial charge >= 0.3 is 0 Å². The molecule has 3 atom stereocenters. The quantitative estimate of drug-likeness (QED) is 0.744. The van der Waals surface area contributed by atoms with Crippen LogP contribution in [-0.4, -0.2) is 12.6 Å². The molecular weight excluding hydrogens is 206 g/mol. The lowest BCUT2D eigenvalue weighted by Gasteiger charge is -2.25. The second kappa shape index (κ2) is 7.50.